The van der Waals surface area contributed by atoms with Gasteiger partial charge in [-0.25, -0.2) is 0 Å². The van der Waals surface area contributed by atoms with E-state index in [1.54, 1.807) is 0 Å². The molecule has 1 aromatic rings. The molecular weight excluding hydrogens is 148 g/mol. The zero-order valence-electron chi connectivity index (χ0n) is 7.30. The van der Waals surface area contributed by atoms with Crippen molar-refractivity contribution in [2.75, 3.05) is 5.73 Å². The van der Waals surface area contributed by atoms with E-state index in [1.807, 2.05) is 25.1 Å². The van der Waals surface area contributed by atoms with Gasteiger partial charge in [0.25, 0.3) is 0 Å². The SMILES string of the molecule is Cc1cccc(C2(N)CC2)c1N. The molecule has 2 heteroatoms. The van der Waals surface area contributed by atoms with Crippen molar-refractivity contribution in [3.8, 4) is 0 Å². The Hall–Kier alpha value is -1.02. The number of aryl methyl sites for hydroxylation is 1. The smallest absolute Gasteiger partial charge is 0.0431 e. The highest BCUT2D eigenvalue weighted by atomic mass is 14.8. The fourth-order valence-electron chi connectivity index (χ4n) is 1.52. The minimum atomic E-state index is -0.101. The highest BCUT2D eigenvalue weighted by molar-refractivity contribution is 5.57. The average Bonchev–Trinajstić information content (AvgIpc) is 2.75. The molecule has 64 valence electrons. The van der Waals surface area contributed by atoms with Gasteiger partial charge in [-0.1, -0.05) is 18.2 Å². The van der Waals surface area contributed by atoms with Crippen LogP contribution < -0.4 is 11.5 Å². The Morgan fingerprint density at radius 2 is 2.00 bits per heavy atom. The van der Waals surface area contributed by atoms with Crippen molar-refractivity contribution in [1.29, 1.82) is 0 Å². The molecule has 0 spiro atoms. The second-order valence-electron chi connectivity index (χ2n) is 3.69. The quantitative estimate of drug-likeness (QED) is 0.615. The number of para-hydroxylation sites is 1. The van der Waals surface area contributed by atoms with E-state index in [0.717, 1.165) is 29.7 Å². The summed E-state index contributed by atoms with van der Waals surface area (Å²) >= 11 is 0. The molecule has 0 saturated heterocycles. The van der Waals surface area contributed by atoms with E-state index in [2.05, 4.69) is 0 Å². The van der Waals surface area contributed by atoms with Gasteiger partial charge >= 0.3 is 0 Å². The van der Waals surface area contributed by atoms with E-state index in [9.17, 15) is 0 Å². The van der Waals surface area contributed by atoms with Crippen LogP contribution in [0.5, 0.6) is 0 Å². The first kappa shape index (κ1) is 7.62. The van der Waals surface area contributed by atoms with E-state index >= 15 is 0 Å². The minimum Gasteiger partial charge on any atom is -0.398 e. The van der Waals surface area contributed by atoms with Crippen molar-refractivity contribution in [3.05, 3.63) is 29.3 Å². The summed E-state index contributed by atoms with van der Waals surface area (Å²) in [6.45, 7) is 2.02. The first-order valence-corrected chi connectivity index (χ1v) is 4.28. The maximum absolute atomic E-state index is 6.06. The molecule has 1 aromatic carbocycles. The van der Waals surface area contributed by atoms with Crippen LogP contribution in [0.15, 0.2) is 18.2 Å². The number of benzene rings is 1. The lowest BCUT2D eigenvalue weighted by Gasteiger charge is -2.13. The van der Waals surface area contributed by atoms with Crippen molar-refractivity contribution in [2.45, 2.75) is 25.3 Å². The Morgan fingerprint density at radius 1 is 1.33 bits per heavy atom. The first-order chi connectivity index (χ1) is 5.63. The number of hydrogen-bond acceptors (Lipinski definition) is 2. The van der Waals surface area contributed by atoms with E-state index in [0.29, 0.717) is 0 Å². The molecule has 0 aromatic heterocycles. The van der Waals surface area contributed by atoms with Crippen molar-refractivity contribution in [2.24, 2.45) is 5.73 Å². The minimum absolute atomic E-state index is 0.101. The van der Waals surface area contributed by atoms with Crippen LogP contribution >= 0.6 is 0 Å². The van der Waals surface area contributed by atoms with Gasteiger partial charge in [-0.3, -0.25) is 0 Å². The first-order valence-electron chi connectivity index (χ1n) is 4.28. The molecule has 1 aliphatic rings. The number of nitrogens with two attached hydrogens (primary N) is 2. The standard InChI is InChI=1S/C10H14N2/c1-7-3-2-4-8(9(7)11)10(12)5-6-10/h2-4H,5-6,11-12H2,1H3. The zero-order valence-corrected chi connectivity index (χ0v) is 7.30. The van der Waals surface area contributed by atoms with Gasteiger partial charge < -0.3 is 11.5 Å². The molecule has 2 nitrogen and oxygen atoms in total. The van der Waals surface area contributed by atoms with Crippen LogP contribution in [-0.4, -0.2) is 0 Å². The molecule has 1 fully saturated rings. The van der Waals surface area contributed by atoms with Crippen molar-refractivity contribution in [3.63, 3.8) is 0 Å². The molecule has 0 radical (unpaired) electrons. The maximum atomic E-state index is 6.06. The van der Waals surface area contributed by atoms with E-state index in [-0.39, 0.29) is 5.54 Å². The third-order valence-electron chi connectivity index (χ3n) is 2.65. The number of hydrogen-bond donors (Lipinski definition) is 2. The van der Waals surface area contributed by atoms with Crippen LogP contribution in [0.1, 0.15) is 24.0 Å². The van der Waals surface area contributed by atoms with Gasteiger partial charge in [0.2, 0.25) is 0 Å². The number of rotatable bonds is 1. The largest absolute Gasteiger partial charge is 0.398 e. The number of nitrogen functional groups attached to an aromatic ring is 1. The Bertz CT molecular complexity index is 314. The average molecular weight is 162 g/mol. The van der Waals surface area contributed by atoms with Crippen molar-refractivity contribution in [1.82, 2.24) is 0 Å². The predicted octanol–water partition coefficient (Wildman–Crippen LogP) is 1.53. The van der Waals surface area contributed by atoms with Crippen LogP contribution in [-0.2, 0) is 5.54 Å². The summed E-state index contributed by atoms with van der Waals surface area (Å²) in [6, 6.07) is 6.08. The topological polar surface area (TPSA) is 52.0 Å². The molecule has 0 bridgehead atoms. The molecule has 0 unspecified atom stereocenters. The highest BCUT2D eigenvalue weighted by Gasteiger charge is 2.41. The molecule has 1 saturated carbocycles. The van der Waals surface area contributed by atoms with E-state index in [4.69, 9.17) is 11.5 Å². The van der Waals surface area contributed by atoms with Gasteiger partial charge in [0.1, 0.15) is 0 Å². The normalized spacial score (nSPS) is 19.2. The summed E-state index contributed by atoms with van der Waals surface area (Å²) in [7, 11) is 0. The van der Waals surface area contributed by atoms with Gasteiger partial charge in [-0.05, 0) is 30.9 Å². The maximum Gasteiger partial charge on any atom is 0.0431 e. The summed E-state index contributed by atoms with van der Waals surface area (Å²) < 4.78 is 0. The van der Waals surface area contributed by atoms with Crippen molar-refractivity contribution >= 4 is 5.69 Å². The molecule has 0 aliphatic heterocycles. The van der Waals surface area contributed by atoms with Gasteiger partial charge in [-0.15, -0.1) is 0 Å². The fraction of sp³-hybridized carbons (Fsp3) is 0.400. The van der Waals surface area contributed by atoms with Gasteiger partial charge in [0, 0.05) is 11.2 Å². The summed E-state index contributed by atoms with van der Waals surface area (Å²) in [6.07, 6.45) is 2.14. The summed E-state index contributed by atoms with van der Waals surface area (Å²) in [5, 5.41) is 0. The molecule has 0 amide bonds. The Labute approximate surface area is 72.6 Å². The van der Waals surface area contributed by atoms with Crippen LogP contribution in [0.4, 0.5) is 5.69 Å². The third kappa shape index (κ3) is 0.994. The van der Waals surface area contributed by atoms with Crippen LogP contribution in [0.3, 0.4) is 0 Å². The van der Waals surface area contributed by atoms with E-state index < -0.39 is 0 Å². The molecule has 4 N–H and O–H groups in total. The van der Waals surface area contributed by atoms with E-state index in [1.165, 1.54) is 0 Å². The van der Waals surface area contributed by atoms with Crippen LogP contribution in [0.2, 0.25) is 0 Å². The summed E-state index contributed by atoms with van der Waals surface area (Å²) in [4.78, 5) is 0. The van der Waals surface area contributed by atoms with Crippen molar-refractivity contribution < 1.29 is 0 Å². The Morgan fingerprint density at radius 3 is 2.58 bits per heavy atom. The molecule has 0 heterocycles. The van der Waals surface area contributed by atoms with Gasteiger partial charge in [0.15, 0.2) is 0 Å². The van der Waals surface area contributed by atoms with Crippen LogP contribution in [0.25, 0.3) is 0 Å². The second kappa shape index (κ2) is 2.23. The summed E-state index contributed by atoms with van der Waals surface area (Å²) in [5.41, 5.74) is 15.0. The monoisotopic (exact) mass is 162 g/mol. The molecule has 2 rings (SSSR count). The zero-order chi connectivity index (χ0) is 8.77. The Balaban J connectivity index is 2.51. The predicted molar refractivity (Wildman–Crippen MR) is 50.7 cm³/mol. The van der Waals surface area contributed by atoms with Gasteiger partial charge in [-0.2, -0.15) is 0 Å². The second-order valence-corrected chi connectivity index (χ2v) is 3.69. The summed E-state index contributed by atoms with van der Waals surface area (Å²) in [5.74, 6) is 0. The number of anilines is 1. The lowest BCUT2D eigenvalue weighted by Crippen LogP contribution is -2.20. The lowest BCUT2D eigenvalue weighted by molar-refractivity contribution is 0.742. The van der Waals surface area contributed by atoms with Crippen LogP contribution in [0, 0.1) is 6.92 Å². The van der Waals surface area contributed by atoms with Gasteiger partial charge in [0.05, 0.1) is 0 Å². The Kier molecular flexibility index (Phi) is 1.42. The third-order valence-corrected chi connectivity index (χ3v) is 2.65. The highest BCUT2D eigenvalue weighted by Crippen LogP contribution is 2.45. The molecule has 12 heavy (non-hydrogen) atoms. The molecule has 0 atom stereocenters. The fourth-order valence-corrected chi connectivity index (χ4v) is 1.52. The lowest BCUT2D eigenvalue weighted by atomic mass is 10.0. The molecule has 1 aliphatic carbocycles. The molecular formula is C10H14N2.